The van der Waals surface area contributed by atoms with Crippen molar-refractivity contribution >= 4 is 17.5 Å². The number of carbonyl (C=O) groups excluding carboxylic acids is 3. The standard InChI is InChI=1S/C28H34FN3O8/c1-27(39)4-6-32(7-5-27)11-13-10-16(33)18-14(20(13)29)8-12-9-15-21(31(2)3)23(35)19(26(30)38)25(37)28(15,40)24(36)17(12)22(18)34/h10,12,15,21,33,35-36,39-40H,4-9,11H2,1-3H3,(H2,30,38)/t12-,15-,21-,28-/m0/s1. The van der Waals surface area contributed by atoms with Crippen molar-refractivity contribution in [2.45, 2.75) is 56.4 Å². The van der Waals surface area contributed by atoms with Crippen LogP contribution in [0.1, 0.15) is 47.7 Å². The van der Waals surface area contributed by atoms with Gasteiger partial charge in [-0.3, -0.25) is 24.2 Å². The van der Waals surface area contributed by atoms with Gasteiger partial charge in [-0.25, -0.2) is 4.39 Å². The number of primary amides is 1. The fourth-order valence-corrected chi connectivity index (χ4v) is 6.90. The molecule has 5 rings (SSSR count). The summed E-state index contributed by atoms with van der Waals surface area (Å²) in [5.41, 5.74) is 0.371. The molecule has 1 aromatic rings. The van der Waals surface area contributed by atoms with Crippen molar-refractivity contribution in [3.63, 3.8) is 0 Å². The van der Waals surface area contributed by atoms with Crippen LogP contribution in [0.4, 0.5) is 4.39 Å². The number of nitrogens with zero attached hydrogens (tertiary/aromatic N) is 2. The zero-order chi connectivity index (χ0) is 29.5. The van der Waals surface area contributed by atoms with Crippen LogP contribution in [-0.2, 0) is 22.6 Å². The van der Waals surface area contributed by atoms with Gasteiger partial charge in [0.25, 0.3) is 5.91 Å². The van der Waals surface area contributed by atoms with Gasteiger partial charge < -0.3 is 31.3 Å². The highest BCUT2D eigenvalue weighted by Crippen LogP contribution is 2.52. The first-order valence-electron chi connectivity index (χ1n) is 13.2. The molecule has 1 saturated heterocycles. The molecule has 3 aliphatic carbocycles. The number of likely N-dealkylation sites (tertiary alicyclic amines) is 1. The molecule has 0 saturated carbocycles. The quantitative estimate of drug-likeness (QED) is 0.286. The second kappa shape index (κ2) is 9.37. The van der Waals surface area contributed by atoms with Gasteiger partial charge in [0.2, 0.25) is 5.78 Å². The van der Waals surface area contributed by atoms with E-state index in [2.05, 4.69) is 0 Å². The fourth-order valence-electron chi connectivity index (χ4n) is 6.90. The maximum Gasteiger partial charge on any atom is 0.255 e. The number of nitrogens with two attached hydrogens (primary N) is 1. The number of Topliss-reactive ketones (excluding diaryl/α,β-unsaturated/α-hetero) is 2. The molecular weight excluding hydrogens is 525 g/mol. The number of likely N-dealkylation sites (N-methyl/N-ethyl adjacent to an activating group) is 1. The predicted octanol–water partition coefficient (Wildman–Crippen LogP) is 0.607. The van der Waals surface area contributed by atoms with E-state index in [9.17, 15) is 39.9 Å². The number of benzene rings is 1. The van der Waals surface area contributed by atoms with E-state index in [1.807, 2.05) is 4.90 Å². The maximum absolute atomic E-state index is 15.9. The number of ketones is 2. The van der Waals surface area contributed by atoms with Crippen LogP contribution in [0.15, 0.2) is 28.7 Å². The Morgan fingerprint density at radius 2 is 1.80 bits per heavy atom. The molecule has 40 heavy (non-hydrogen) atoms. The van der Waals surface area contributed by atoms with Crippen molar-refractivity contribution < 1.29 is 44.3 Å². The number of allylic oxidation sites excluding steroid dienone is 1. The number of amides is 1. The zero-order valence-electron chi connectivity index (χ0n) is 22.6. The van der Waals surface area contributed by atoms with E-state index in [0.29, 0.717) is 25.9 Å². The van der Waals surface area contributed by atoms with Gasteiger partial charge in [-0.2, -0.15) is 0 Å². The highest BCUT2D eigenvalue weighted by Gasteiger charge is 2.63. The lowest BCUT2D eigenvalue weighted by Gasteiger charge is -2.50. The lowest BCUT2D eigenvalue weighted by atomic mass is 9.58. The van der Waals surface area contributed by atoms with Gasteiger partial charge in [-0.05, 0) is 58.7 Å². The Hall–Kier alpha value is -3.32. The number of phenolic OH excluding ortho intramolecular Hbond substituents is 1. The second-order valence-electron chi connectivity index (χ2n) is 12.0. The SMILES string of the molecule is CN(C)[C@@H]1C(O)=C(C(N)=O)C(=O)[C@@]2(O)C(O)=C3C(=O)c4c(O)cc(CN5CCC(C)(O)CC5)c(F)c4C[C@H]3C[C@@H]12. The Labute approximate surface area is 230 Å². The molecule has 7 N–H and O–H groups in total. The number of halogens is 1. The van der Waals surface area contributed by atoms with Gasteiger partial charge in [0, 0.05) is 42.3 Å². The van der Waals surface area contributed by atoms with Crippen molar-refractivity contribution in [2.24, 2.45) is 17.6 Å². The van der Waals surface area contributed by atoms with E-state index in [1.54, 1.807) is 6.92 Å². The molecule has 4 atom stereocenters. The van der Waals surface area contributed by atoms with Crippen LogP contribution in [0.25, 0.3) is 0 Å². The first-order valence-corrected chi connectivity index (χ1v) is 13.2. The van der Waals surface area contributed by atoms with Crippen LogP contribution >= 0.6 is 0 Å². The van der Waals surface area contributed by atoms with Crippen molar-refractivity contribution in [3.8, 4) is 5.75 Å². The third-order valence-corrected chi connectivity index (χ3v) is 9.06. The van der Waals surface area contributed by atoms with Gasteiger partial charge in [-0.1, -0.05) is 0 Å². The molecule has 216 valence electrons. The summed E-state index contributed by atoms with van der Waals surface area (Å²) in [6.45, 7) is 2.95. The number of rotatable bonds is 4. The number of hydrogen-bond acceptors (Lipinski definition) is 10. The van der Waals surface area contributed by atoms with Crippen LogP contribution < -0.4 is 5.73 Å². The van der Waals surface area contributed by atoms with E-state index in [-0.39, 0.29) is 41.6 Å². The van der Waals surface area contributed by atoms with E-state index in [1.165, 1.54) is 19.0 Å². The zero-order valence-corrected chi connectivity index (χ0v) is 22.6. The van der Waals surface area contributed by atoms with E-state index >= 15 is 4.39 Å². The monoisotopic (exact) mass is 559 g/mol. The highest BCUT2D eigenvalue weighted by atomic mass is 19.1. The maximum atomic E-state index is 15.9. The second-order valence-corrected chi connectivity index (χ2v) is 12.0. The predicted molar refractivity (Wildman–Crippen MR) is 139 cm³/mol. The molecule has 0 unspecified atom stereocenters. The molecule has 12 heteroatoms. The normalized spacial score (nSPS) is 30.3. The van der Waals surface area contributed by atoms with Gasteiger partial charge >= 0.3 is 0 Å². The van der Waals surface area contributed by atoms with Crippen LogP contribution in [0.2, 0.25) is 0 Å². The third kappa shape index (κ3) is 4.04. The summed E-state index contributed by atoms with van der Waals surface area (Å²) < 4.78 is 15.9. The smallest absolute Gasteiger partial charge is 0.255 e. The van der Waals surface area contributed by atoms with Crippen LogP contribution in [0.5, 0.6) is 5.75 Å². The minimum absolute atomic E-state index is 0.0304. The minimum atomic E-state index is -2.74. The highest BCUT2D eigenvalue weighted by molar-refractivity contribution is 6.24. The average molecular weight is 560 g/mol. The minimum Gasteiger partial charge on any atom is -0.510 e. The molecule has 0 bridgehead atoms. The molecule has 1 aromatic carbocycles. The van der Waals surface area contributed by atoms with Gasteiger partial charge in [0.1, 0.15) is 28.7 Å². The molecule has 0 spiro atoms. The topological polar surface area (TPSA) is 185 Å². The van der Waals surface area contributed by atoms with Crippen LogP contribution in [-0.4, -0.2) is 97.2 Å². The molecular formula is C28H34FN3O8. The Bertz CT molecular complexity index is 1390. The third-order valence-electron chi connectivity index (χ3n) is 9.06. The van der Waals surface area contributed by atoms with Gasteiger partial charge in [-0.15, -0.1) is 0 Å². The van der Waals surface area contributed by atoms with Crippen LogP contribution in [0.3, 0.4) is 0 Å². The summed E-state index contributed by atoms with van der Waals surface area (Å²) >= 11 is 0. The summed E-state index contributed by atoms with van der Waals surface area (Å²) in [6, 6.07) is 0.0444. The summed E-state index contributed by atoms with van der Waals surface area (Å²) in [6.07, 6.45) is 0.788. The Kier molecular flexibility index (Phi) is 6.61. The number of piperidine rings is 1. The number of aliphatic hydroxyl groups is 4. The molecule has 1 fully saturated rings. The number of aromatic hydroxyl groups is 1. The molecule has 1 aliphatic heterocycles. The first kappa shape index (κ1) is 28.2. The van der Waals surface area contributed by atoms with E-state index in [0.717, 1.165) is 6.07 Å². The molecule has 0 radical (unpaired) electrons. The first-order chi connectivity index (χ1) is 18.6. The summed E-state index contributed by atoms with van der Waals surface area (Å²) in [5.74, 6) is -8.40. The molecule has 1 amide bonds. The molecule has 11 nitrogen and oxygen atoms in total. The Morgan fingerprint density at radius 3 is 2.38 bits per heavy atom. The summed E-state index contributed by atoms with van der Waals surface area (Å²) in [7, 11) is 3.08. The average Bonchev–Trinajstić information content (AvgIpc) is 2.85. The van der Waals surface area contributed by atoms with Crippen molar-refractivity contribution in [2.75, 3.05) is 27.2 Å². The molecule has 4 aliphatic rings. The van der Waals surface area contributed by atoms with Gasteiger partial charge in [0.15, 0.2) is 11.4 Å². The van der Waals surface area contributed by atoms with Crippen LogP contribution in [0, 0.1) is 17.7 Å². The lowest BCUT2D eigenvalue weighted by Crippen LogP contribution is -2.63. The summed E-state index contributed by atoms with van der Waals surface area (Å²) in [5, 5.41) is 54.8. The lowest BCUT2D eigenvalue weighted by molar-refractivity contribution is -0.148. The van der Waals surface area contributed by atoms with Crippen molar-refractivity contribution in [1.82, 2.24) is 9.80 Å². The number of carbonyl (C=O) groups is 3. The van der Waals surface area contributed by atoms with E-state index < -0.39 is 75.2 Å². The number of fused-ring (bicyclic) bond motifs is 3. The molecule has 1 heterocycles. The molecule has 0 aromatic heterocycles. The Morgan fingerprint density at radius 1 is 1.18 bits per heavy atom. The number of aliphatic hydroxyl groups excluding tert-OH is 2. The van der Waals surface area contributed by atoms with Gasteiger partial charge in [0.05, 0.1) is 17.2 Å². The van der Waals surface area contributed by atoms with Crippen molar-refractivity contribution in [3.05, 3.63) is 51.2 Å². The largest absolute Gasteiger partial charge is 0.510 e. The summed E-state index contributed by atoms with van der Waals surface area (Å²) in [4.78, 5) is 42.4. The fraction of sp³-hybridized carbons (Fsp3) is 0.536. The van der Waals surface area contributed by atoms with Crippen molar-refractivity contribution in [1.29, 1.82) is 0 Å². The Balaban J connectivity index is 1.58. The van der Waals surface area contributed by atoms with E-state index in [4.69, 9.17) is 5.73 Å². The number of phenols is 1. The number of hydrogen-bond donors (Lipinski definition) is 6.